The van der Waals surface area contributed by atoms with E-state index in [1.54, 1.807) is 55.6 Å². The molecule has 1 unspecified atom stereocenters. The van der Waals surface area contributed by atoms with E-state index >= 15 is 0 Å². The monoisotopic (exact) mass is 379 g/mol. The van der Waals surface area contributed by atoms with Gasteiger partial charge in [-0.25, -0.2) is 0 Å². The zero-order valence-electron chi connectivity index (χ0n) is 15.6. The van der Waals surface area contributed by atoms with Crippen LogP contribution in [0.3, 0.4) is 0 Å². The molecule has 4 rings (SSSR count). The summed E-state index contributed by atoms with van der Waals surface area (Å²) < 4.78 is 12.0. The van der Waals surface area contributed by atoms with E-state index in [1.807, 2.05) is 0 Å². The number of nitrogens with one attached hydrogen (secondary N) is 1. The van der Waals surface area contributed by atoms with Gasteiger partial charge in [-0.1, -0.05) is 24.3 Å². The average Bonchev–Trinajstić information content (AvgIpc) is 3.26. The van der Waals surface area contributed by atoms with Crippen molar-refractivity contribution < 1.29 is 14.3 Å². The Kier molecular flexibility index (Phi) is 5.08. The van der Waals surface area contributed by atoms with Crippen molar-refractivity contribution in [1.82, 2.24) is 15.1 Å². The molecule has 3 aromatic rings. The molecule has 1 saturated heterocycles. The van der Waals surface area contributed by atoms with Gasteiger partial charge >= 0.3 is 0 Å². The fraction of sp³-hybridized carbons (Fsp3) is 0.286. The van der Waals surface area contributed by atoms with Gasteiger partial charge in [0.15, 0.2) is 5.69 Å². The Morgan fingerprint density at radius 3 is 2.82 bits per heavy atom. The fourth-order valence-corrected chi connectivity index (χ4v) is 3.37. The summed E-state index contributed by atoms with van der Waals surface area (Å²) in [5.74, 6) is 0.270. The molecule has 0 bridgehead atoms. The molecule has 1 amide bonds. The Morgan fingerprint density at radius 1 is 1.25 bits per heavy atom. The van der Waals surface area contributed by atoms with E-state index in [-0.39, 0.29) is 23.3 Å². The molecule has 28 heavy (non-hydrogen) atoms. The minimum Gasteiger partial charge on any atom is -0.497 e. The summed E-state index contributed by atoms with van der Waals surface area (Å²) in [4.78, 5) is 25.8. The van der Waals surface area contributed by atoms with Crippen LogP contribution in [-0.4, -0.2) is 42.1 Å². The smallest absolute Gasteiger partial charge is 0.279 e. The van der Waals surface area contributed by atoms with Crippen LogP contribution in [0.25, 0.3) is 16.5 Å². The van der Waals surface area contributed by atoms with Gasteiger partial charge < -0.3 is 14.8 Å². The lowest BCUT2D eigenvalue weighted by atomic mass is 10.1. The number of amides is 1. The maximum Gasteiger partial charge on any atom is 0.279 e. The van der Waals surface area contributed by atoms with E-state index in [0.717, 1.165) is 19.4 Å². The maximum atomic E-state index is 13.0. The molecule has 2 heterocycles. The summed E-state index contributed by atoms with van der Waals surface area (Å²) in [7, 11) is 1.56. The quantitative estimate of drug-likeness (QED) is 0.736. The van der Waals surface area contributed by atoms with Crippen molar-refractivity contribution in [3.05, 3.63) is 64.6 Å². The SMILES string of the molecule is COc1cccc(-n2nc(C(=O)NCC3CCCO3)c3ccccc3c2=O)c1. The van der Waals surface area contributed by atoms with Crippen LogP contribution in [0.2, 0.25) is 0 Å². The molecule has 1 fully saturated rings. The molecule has 144 valence electrons. The molecule has 0 aliphatic carbocycles. The number of hydrogen-bond donors (Lipinski definition) is 1. The summed E-state index contributed by atoms with van der Waals surface area (Å²) in [6, 6.07) is 14.0. The topological polar surface area (TPSA) is 82.5 Å². The lowest BCUT2D eigenvalue weighted by Gasteiger charge is -2.13. The van der Waals surface area contributed by atoms with Crippen molar-refractivity contribution in [2.24, 2.45) is 0 Å². The van der Waals surface area contributed by atoms with Crippen molar-refractivity contribution in [3.63, 3.8) is 0 Å². The zero-order valence-corrected chi connectivity index (χ0v) is 15.6. The second kappa shape index (κ2) is 7.82. The number of carbonyl (C=O) groups excluding carboxylic acids is 1. The third-order valence-corrected chi connectivity index (χ3v) is 4.83. The first-order chi connectivity index (χ1) is 13.7. The molecule has 1 aliphatic rings. The zero-order chi connectivity index (χ0) is 19.5. The first-order valence-corrected chi connectivity index (χ1v) is 9.23. The summed E-state index contributed by atoms with van der Waals surface area (Å²) >= 11 is 0. The van der Waals surface area contributed by atoms with Crippen LogP contribution >= 0.6 is 0 Å². The van der Waals surface area contributed by atoms with Crippen LogP contribution in [0.5, 0.6) is 5.75 Å². The summed E-state index contributed by atoms with van der Waals surface area (Å²) in [5.41, 5.74) is 0.443. The minimum absolute atomic E-state index is 0.0273. The van der Waals surface area contributed by atoms with Crippen molar-refractivity contribution in [2.45, 2.75) is 18.9 Å². The van der Waals surface area contributed by atoms with E-state index in [4.69, 9.17) is 9.47 Å². The molecular formula is C21H21N3O4. The third-order valence-electron chi connectivity index (χ3n) is 4.83. The molecule has 0 saturated carbocycles. The Hall–Kier alpha value is -3.19. The van der Waals surface area contributed by atoms with Gasteiger partial charge in [0.2, 0.25) is 0 Å². The molecule has 1 N–H and O–H groups in total. The van der Waals surface area contributed by atoms with Crippen LogP contribution in [0.15, 0.2) is 53.3 Å². The largest absolute Gasteiger partial charge is 0.497 e. The first kappa shape index (κ1) is 18.2. The van der Waals surface area contributed by atoms with E-state index in [1.165, 1.54) is 4.68 Å². The minimum atomic E-state index is -0.330. The van der Waals surface area contributed by atoms with Crippen LogP contribution < -0.4 is 15.6 Å². The summed E-state index contributed by atoms with van der Waals surface area (Å²) in [6.07, 6.45) is 1.96. The highest BCUT2D eigenvalue weighted by atomic mass is 16.5. The number of aromatic nitrogens is 2. The van der Waals surface area contributed by atoms with E-state index in [2.05, 4.69) is 10.4 Å². The summed E-state index contributed by atoms with van der Waals surface area (Å²) in [5, 5.41) is 8.23. The van der Waals surface area contributed by atoms with Gasteiger partial charge in [-0.3, -0.25) is 9.59 Å². The van der Waals surface area contributed by atoms with Crippen molar-refractivity contribution in [1.29, 1.82) is 0 Å². The first-order valence-electron chi connectivity index (χ1n) is 9.23. The van der Waals surface area contributed by atoms with E-state index in [0.29, 0.717) is 28.8 Å². The Balaban J connectivity index is 1.77. The number of fused-ring (bicyclic) bond motifs is 1. The van der Waals surface area contributed by atoms with Crippen molar-refractivity contribution in [3.8, 4) is 11.4 Å². The van der Waals surface area contributed by atoms with Crippen LogP contribution in [0.4, 0.5) is 0 Å². The molecule has 1 aliphatic heterocycles. The number of ether oxygens (including phenoxy) is 2. The lowest BCUT2D eigenvalue weighted by molar-refractivity contribution is 0.0854. The number of nitrogens with zero attached hydrogens (tertiary/aromatic N) is 2. The van der Waals surface area contributed by atoms with Crippen molar-refractivity contribution in [2.75, 3.05) is 20.3 Å². The van der Waals surface area contributed by atoms with Crippen LogP contribution in [0, 0.1) is 0 Å². The van der Waals surface area contributed by atoms with Gasteiger partial charge in [0, 0.05) is 24.6 Å². The highest BCUT2D eigenvalue weighted by molar-refractivity contribution is 6.04. The van der Waals surface area contributed by atoms with E-state index in [9.17, 15) is 9.59 Å². The highest BCUT2D eigenvalue weighted by Crippen LogP contribution is 2.18. The number of methoxy groups -OCH3 is 1. The lowest BCUT2D eigenvalue weighted by Crippen LogP contribution is -2.34. The Labute approximate surface area is 161 Å². The molecule has 7 heteroatoms. The van der Waals surface area contributed by atoms with Crippen molar-refractivity contribution >= 4 is 16.7 Å². The predicted octanol–water partition coefficient (Wildman–Crippen LogP) is 2.30. The van der Waals surface area contributed by atoms with E-state index < -0.39 is 0 Å². The normalized spacial score (nSPS) is 16.2. The van der Waals surface area contributed by atoms with Gasteiger partial charge in [0.05, 0.1) is 24.3 Å². The Bertz CT molecular complexity index is 1070. The van der Waals surface area contributed by atoms with Gasteiger partial charge in [0.1, 0.15) is 5.75 Å². The predicted molar refractivity (Wildman–Crippen MR) is 105 cm³/mol. The molecular weight excluding hydrogens is 358 g/mol. The number of benzene rings is 2. The van der Waals surface area contributed by atoms with Crippen LogP contribution in [0.1, 0.15) is 23.3 Å². The number of carbonyl (C=O) groups is 1. The summed E-state index contributed by atoms with van der Waals surface area (Å²) in [6.45, 7) is 1.15. The number of hydrogen-bond acceptors (Lipinski definition) is 5. The van der Waals surface area contributed by atoms with Gasteiger partial charge in [-0.05, 0) is 31.0 Å². The van der Waals surface area contributed by atoms with Gasteiger partial charge in [0.25, 0.3) is 11.5 Å². The Morgan fingerprint density at radius 2 is 2.07 bits per heavy atom. The average molecular weight is 379 g/mol. The van der Waals surface area contributed by atoms with Gasteiger partial charge in [-0.2, -0.15) is 9.78 Å². The number of rotatable bonds is 5. The molecule has 1 atom stereocenters. The van der Waals surface area contributed by atoms with Crippen LogP contribution in [-0.2, 0) is 4.74 Å². The maximum absolute atomic E-state index is 13.0. The van der Waals surface area contributed by atoms with Gasteiger partial charge in [-0.15, -0.1) is 0 Å². The fourth-order valence-electron chi connectivity index (χ4n) is 3.37. The molecule has 7 nitrogen and oxygen atoms in total. The third kappa shape index (κ3) is 3.48. The second-order valence-corrected chi connectivity index (χ2v) is 6.66. The molecule has 0 radical (unpaired) electrons. The standard InChI is InChI=1S/C21H21N3O4/c1-27-15-7-4-6-14(12-15)24-21(26)18-10-3-2-9-17(18)19(23-24)20(25)22-13-16-8-5-11-28-16/h2-4,6-7,9-10,12,16H,5,8,11,13H2,1H3,(H,22,25). The second-order valence-electron chi connectivity index (χ2n) is 6.66. The highest BCUT2D eigenvalue weighted by Gasteiger charge is 2.20. The molecule has 0 spiro atoms. The molecule has 2 aromatic carbocycles. The molecule has 1 aromatic heterocycles.